The Morgan fingerprint density at radius 3 is 2.60 bits per heavy atom. The van der Waals surface area contributed by atoms with Crippen LogP contribution in [0, 0.1) is 6.92 Å². The first-order valence-electron chi connectivity index (χ1n) is 9.45. The lowest BCUT2D eigenvalue weighted by Crippen LogP contribution is -1.99. The van der Waals surface area contributed by atoms with Crippen molar-refractivity contribution in [1.82, 2.24) is 4.98 Å². The molecular weight excluding hydrogens is 414 g/mol. The molecule has 0 saturated heterocycles. The summed E-state index contributed by atoms with van der Waals surface area (Å²) >= 11 is 7.45. The summed E-state index contributed by atoms with van der Waals surface area (Å²) in [7, 11) is 0. The minimum atomic E-state index is 0.460. The van der Waals surface area contributed by atoms with Gasteiger partial charge in [-0.15, -0.1) is 11.3 Å². The van der Waals surface area contributed by atoms with Gasteiger partial charge >= 0.3 is 0 Å². The van der Waals surface area contributed by atoms with E-state index in [4.69, 9.17) is 16.3 Å². The number of nitrogens with zero attached hydrogens (tertiary/aromatic N) is 2. The SMILES string of the molecule is Cc1ccc(-c2csc(N/N=C/c3ccccc3OCc3ccc(Cl)cc3)n2)cc1. The second-order valence-corrected chi connectivity index (χ2v) is 8.02. The molecule has 0 amide bonds. The van der Waals surface area contributed by atoms with Gasteiger partial charge in [-0.05, 0) is 36.8 Å². The Hall–Kier alpha value is -3.15. The molecule has 0 atom stereocenters. The summed E-state index contributed by atoms with van der Waals surface area (Å²) in [6.07, 6.45) is 1.74. The molecule has 1 heterocycles. The summed E-state index contributed by atoms with van der Waals surface area (Å²) in [6, 6.07) is 23.7. The molecule has 150 valence electrons. The molecular formula is C24H20ClN3OS. The maximum atomic E-state index is 5.96. The van der Waals surface area contributed by atoms with E-state index in [-0.39, 0.29) is 0 Å². The Kier molecular flexibility index (Phi) is 6.42. The van der Waals surface area contributed by atoms with Gasteiger partial charge in [0.25, 0.3) is 0 Å². The van der Waals surface area contributed by atoms with Crippen molar-refractivity contribution in [3.63, 3.8) is 0 Å². The monoisotopic (exact) mass is 433 g/mol. The molecule has 1 aromatic heterocycles. The molecule has 3 aromatic carbocycles. The van der Waals surface area contributed by atoms with Crippen molar-refractivity contribution in [2.24, 2.45) is 5.10 Å². The van der Waals surface area contributed by atoms with E-state index in [1.807, 2.05) is 53.9 Å². The number of thiazole rings is 1. The van der Waals surface area contributed by atoms with E-state index in [1.54, 1.807) is 6.21 Å². The van der Waals surface area contributed by atoms with Gasteiger partial charge in [-0.25, -0.2) is 4.98 Å². The van der Waals surface area contributed by atoms with Crippen molar-refractivity contribution >= 4 is 34.3 Å². The first-order chi connectivity index (χ1) is 14.7. The minimum absolute atomic E-state index is 0.460. The number of ether oxygens (including phenoxy) is 1. The number of hydrogen-bond acceptors (Lipinski definition) is 5. The summed E-state index contributed by atoms with van der Waals surface area (Å²) in [5, 5.41) is 7.81. The second kappa shape index (κ2) is 9.57. The van der Waals surface area contributed by atoms with Gasteiger partial charge < -0.3 is 4.74 Å². The maximum Gasteiger partial charge on any atom is 0.203 e. The molecule has 0 aliphatic rings. The molecule has 0 bridgehead atoms. The molecule has 30 heavy (non-hydrogen) atoms. The molecule has 1 N–H and O–H groups in total. The third-order valence-electron chi connectivity index (χ3n) is 4.44. The van der Waals surface area contributed by atoms with Crippen LogP contribution in [0.4, 0.5) is 5.13 Å². The van der Waals surface area contributed by atoms with Crippen molar-refractivity contribution in [2.75, 3.05) is 5.43 Å². The first kappa shape index (κ1) is 20.1. The van der Waals surface area contributed by atoms with E-state index < -0.39 is 0 Å². The van der Waals surface area contributed by atoms with Gasteiger partial charge in [-0.1, -0.05) is 65.7 Å². The lowest BCUT2D eigenvalue weighted by Gasteiger charge is -2.09. The third kappa shape index (κ3) is 5.26. The number of benzene rings is 3. The average molecular weight is 434 g/mol. The summed E-state index contributed by atoms with van der Waals surface area (Å²) in [6.45, 7) is 2.53. The second-order valence-electron chi connectivity index (χ2n) is 6.73. The van der Waals surface area contributed by atoms with Crippen LogP contribution in [0.3, 0.4) is 0 Å². The lowest BCUT2D eigenvalue weighted by atomic mass is 10.1. The molecule has 0 radical (unpaired) electrons. The summed E-state index contributed by atoms with van der Waals surface area (Å²) in [5.74, 6) is 0.762. The smallest absolute Gasteiger partial charge is 0.203 e. The Morgan fingerprint density at radius 2 is 1.80 bits per heavy atom. The Morgan fingerprint density at radius 1 is 1.03 bits per heavy atom. The van der Waals surface area contributed by atoms with Gasteiger partial charge in [-0.2, -0.15) is 5.10 Å². The third-order valence-corrected chi connectivity index (χ3v) is 5.44. The summed E-state index contributed by atoms with van der Waals surface area (Å²) in [5.41, 5.74) is 8.20. The van der Waals surface area contributed by atoms with Crippen LogP contribution in [0.5, 0.6) is 5.75 Å². The van der Waals surface area contributed by atoms with Crippen LogP contribution < -0.4 is 10.2 Å². The molecule has 0 spiro atoms. The fourth-order valence-corrected chi connectivity index (χ4v) is 3.59. The molecule has 4 rings (SSSR count). The molecule has 0 fully saturated rings. The number of hydrogen-bond donors (Lipinski definition) is 1. The zero-order valence-electron chi connectivity index (χ0n) is 16.4. The van der Waals surface area contributed by atoms with Gasteiger partial charge in [-0.3, -0.25) is 5.43 Å². The summed E-state index contributed by atoms with van der Waals surface area (Å²) < 4.78 is 5.96. The highest BCUT2D eigenvalue weighted by Gasteiger charge is 2.05. The number of anilines is 1. The highest BCUT2D eigenvalue weighted by atomic mass is 35.5. The molecule has 6 heteroatoms. The Labute approximate surface area is 184 Å². The Bertz CT molecular complexity index is 1140. The van der Waals surface area contributed by atoms with Crippen molar-refractivity contribution in [1.29, 1.82) is 0 Å². The molecule has 4 aromatic rings. The van der Waals surface area contributed by atoms with Crippen LogP contribution >= 0.6 is 22.9 Å². The number of hydrazone groups is 1. The number of para-hydroxylation sites is 1. The zero-order valence-corrected chi connectivity index (χ0v) is 18.0. The number of rotatable bonds is 7. The Balaban J connectivity index is 1.40. The van der Waals surface area contributed by atoms with Crippen molar-refractivity contribution < 1.29 is 4.74 Å². The summed E-state index contributed by atoms with van der Waals surface area (Å²) in [4.78, 5) is 4.60. The van der Waals surface area contributed by atoms with Gasteiger partial charge in [0.05, 0.1) is 11.9 Å². The van der Waals surface area contributed by atoms with E-state index in [0.29, 0.717) is 11.6 Å². The topological polar surface area (TPSA) is 46.5 Å². The maximum absolute atomic E-state index is 5.96. The van der Waals surface area contributed by atoms with Crippen molar-refractivity contribution in [3.8, 4) is 17.0 Å². The largest absolute Gasteiger partial charge is 0.488 e. The van der Waals surface area contributed by atoms with Crippen LogP contribution in [0.15, 0.2) is 83.3 Å². The number of halogens is 1. The van der Waals surface area contributed by atoms with Crippen molar-refractivity contribution in [2.45, 2.75) is 13.5 Å². The number of aryl methyl sites for hydroxylation is 1. The molecule has 4 nitrogen and oxygen atoms in total. The van der Waals surface area contributed by atoms with Crippen LogP contribution in [0.1, 0.15) is 16.7 Å². The zero-order chi connectivity index (χ0) is 20.8. The minimum Gasteiger partial charge on any atom is -0.488 e. The normalized spacial score (nSPS) is 11.0. The van der Waals surface area contributed by atoms with Crippen LogP contribution in [0.2, 0.25) is 5.02 Å². The fourth-order valence-electron chi connectivity index (χ4n) is 2.80. The number of aromatic nitrogens is 1. The predicted octanol–water partition coefficient (Wildman–Crippen LogP) is 6.80. The van der Waals surface area contributed by atoms with E-state index in [0.717, 1.165) is 33.3 Å². The molecule has 0 aliphatic carbocycles. The lowest BCUT2D eigenvalue weighted by molar-refractivity contribution is 0.306. The first-order valence-corrected chi connectivity index (χ1v) is 10.7. The predicted molar refractivity (Wildman–Crippen MR) is 126 cm³/mol. The van der Waals surface area contributed by atoms with Crippen LogP contribution in [0.25, 0.3) is 11.3 Å². The van der Waals surface area contributed by atoms with Gasteiger partial charge in [0, 0.05) is 21.5 Å². The molecule has 0 saturated carbocycles. The van der Waals surface area contributed by atoms with Crippen molar-refractivity contribution in [3.05, 3.63) is 99.9 Å². The van der Waals surface area contributed by atoms with Crippen LogP contribution in [-0.4, -0.2) is 11.2 Å². The standard InChI is InChI=1S/C24H20ClN3OS/c1-17-6-10-19(11-7-17)22-16-30-24(27-22)28-26-14-20-4-2-3-5-23(20)29-15-18-8-12-21(25)13-9-18/h2-14,16H,15H2,1H3,(H,27,28)/b26-14+. The van der Waals surface area contributed by atoms with Gasteiger partial charge in [0.2, 0.25) is 5.13 Å². The van der Waals surface area contributed by atoms with E-state index in [2.05, 4.69) is 46.7 Å². The molecule has 0 unspecified atom stereocenters. The van der Waals surface area contributed by atoms with Crippen LogP contribution in [-0.2, 0) is 6.61 Å². The van der Waals surface area contributed by atoms with Gasteiger partial charge in [0.1, 0.15) is 12.4 Å². The van der Waals surface area contributed by atoms with E-state index >= 15 is 0 Å². The van der Waals surface area contributed by atoms with E-state index in [1.165, 1.54) is 16.9 Å². The molecule has 0 aliphatic heterocycles. The van der Waals surface area contributed by atoms with E-state index in [9.17, 15) is 0 Å². The number of nitrogens with one attached hydrogen (secondary N) is 1. The quantitative estimate of drug-likeness (QED) is 0.257. The van der Waals surface area contributed by atoms with Gasteiger partial charge in [0.15, 0.2) is 0 Å². The highest BCUT2D eigenvalue weighted by Crippen LogP contribution is 2.25. The average Bonchev–Trinajstić information content (AvgIpc) is 3.23. The highest BCUT2D eigenvalue weighted by molar-refractivity contribution is 7.14. The fraction of sp³-hybridized carbons (Fsp3) is 0.0833.